The second-order valence-corrected chi connectivity index (χ2v) is 4.46. The molecule has 1 aromatic rings. The van der Waals surface area contributed by atoms with Crippen LogP contribution in [-0.2, 0) is 14.4 Å². The number of hydrogen-bond donors (Lipinski definition) is 3. The quantitative estimate of drug-likeness (QED) is 0.705. The number of carbonyl (C=O) groups is 3. The van der Waals surface area contributed by atoms with Crippen molar-refractivity contribution in [2.24, 2.45) is 0 Å². The minimum Gasteiger partial charge on any atom is -0.345 e. The van der Waals surface area contributed by atoms with Crippen LogP contribution in [0.5, 0.6) is 0 Å². The molecule has 1 saturated carbocycles. The average Bonchev–Trinajstić information content (AvgIpc) is 3.12. The topological polar surface area (TPSA) is 87.3 Å². The molecule has 0 aromatic heterocycles. The maximum absolute atomic E-state index is 11.6. The Kier molecular flexibility index (Phi) is 3.79. The smallest absolute Gasteiger partial charge is 0.313 e. The molecule has 0 aliphatic heterocycles. The van der Waals surface area contributed by atoms with E-state index >= 15 is 0 Å². The molecule has 0 bridgehead atoms. The summed E-state index contributed by atoms with van der Waals surface area (Å²) in [4.78, 5) is 34.0. The molecular formula is C13H15N3O3. The van der Waals surface area contributed by atoms with Gasteiger partial charge in [-0.05, 0) is 31.0 Å². The van der Waals surface area contributed by atoms with Gasteiger partial charge in [0.05, 0.1) is 0 Å². The number of amides is 3. The van der Waals surface area contributed by atoms with Gasteiger partial charge in [-0.25, -0.2) is 0 Å². The normalized spacial score (nSPS) is 13.5. The molecule has 0 heterocycles. The Morgan fingerprint density at radius 1 is 1.05 bits per heavy atom. The second-order valence-electron chi connectivity index (χ2n) is 4.46. The van der Waals surface area contributed by atoms with Crippen LogP contribution in [0.15, 0.2) is 24.3 Å². The van der Waals surface area contributed by atoms with Gasteiger partial charge in [0.25, 0.3) is 0 Å². The van der Waals surface area contributed by atoms with Crippen LogP contribution in [-0.4, -0.2) is 23.8 Å². The number of carbonyl (C=O) groups excluding carboxylic acids is 3. The van der Waals surface area contributed by atoms with Crippen molar-refractivity contribution < 1.29 is 14.4 Å². The first kappa shape index (κ1) is 13.1. The Morgan fingerprint density at radius 2 is 1.68 bits per heavy atom. The van der Waals surface area contributed by atoms with Crippen molar-refractivity contribution in [1.29, 1.82) is 0 Å². The van der Waals surface area contributed by atoms with Crippen LogP contribution >= 0.6 is 0 Å². The summed E-state index contributed by atoms with van der Waals surface area (Å²) < 4.78 is 0. The Bertz CT molecular complexity index is 524. The molecular weight excluding hydrogens is 246 g/mol. The molecule has 6 heteroatoms. The first-order chi connectivity index (χ1) is 9.04. The molecule has 3 N–H and O–H groups in total. The van der Waals surface area contributed by atoms with Crippen molar-refractivity contribution in [3.8, 4) is 0 Å². The van der Waals surface area contributed by atoms with Crippen LogP contribution in [0.1, 0.15) is 19.8 Å². The maximum atomic E-state index is 11.6. The van der Waals surface area contributed by atoms with Gasteiger partial charge < -0.3 is 16.0 Å². The summed E-state index contributed by atoms with van der Waals surface area (Å²) in [7, 11) is 0. The van der Waals surface area contributed by atoms with Crippen molar-refractivity contribution in [3.05, 3.63) is 24.3 Å². The van der Waals surface area contributed by atoms with E-state index in [-0.39, 0.29) is 11.9 Å². The van der Waals surface area contributed by atoms with Gasteiger partial charge in [0.2, 0.25) is 5.91 Å². The van der Waals surface area contributed by atoms with Crippen LogP contribution in [0.3, 0.4) is 0 Å². The van der Waals surface area contributed by atoms with Crippen molar-refractivity contribution >= 4 is 29.1 Å². The molecule has 0 saturated heterocycles. The number of rotatable bonds is 3. The molecule has 1 aromatic carbocycles. The van der Waals surface area contributed by atoms with E-state index in [9.17, 15) is 14.4 Å². The molecule has 0 radical (unpaired) electrons. The molecule has 0 unspecified atom stereocenters. The molecule has 1 aliphatic carbocycles. The van der Waals surface area contributed by atoms with E-state index in [2.05, 4.69) is 16.0 Å². The number of nitrogens with one attached hydrogen (secondary N) is 3. The zero-order valence-corrected chi connectivity index (χ0v) is 10.5. The fourth-order valence-corrected chi connectivity index (χ4v) is 1.54. The van der Waals surface area contributed by atoms with E-state index in [0.717, 1.165) is 12.8 Å². The SMILES string of the molecule is CC(=O)Nc1cccc(NC(=O)C(=O)NC2CC2)c1. The highest BCUT2D eigenvalue weighted by molar-refractivity contribution is 6.39. The lowest BCUT2D eigenvalue weighted by molar-refractivity contribution is -0.136. The van der Waals surface area contributed by atoms with E-state index in [4.69, 9.17) is 0 Å². The third kappa shape index (κ3) is 4.09. The summed E-state index contributed by atoms with van der Waals surface area (Å²) >= 11 is 0. The van der Waals surface area contributed by atoms with E-state index in [1.807, 2.05) is 0 Å². The molecule has 1 aliphatic rings. The van der Waals surface area contributed by atoms with E-state index in [0.29, 0.717) is 11.4 Å². The lowest BCUT2D eigenvalue weighted by Crippen LogP contribution is -2.36. The number of benzene rings is 1. The van der Waals surface area contributed by atoms with E-state index in [1.165, 1.54) is 6.92 Å². The van der Waals surface area contributed by atoms with Crippen LogP contribution in [0.4, 0.5) is 11.4 Å². The lowest BCUT2D eigenvalue weighted by Gasteiger charge is -2.07. The number of anilines is 2. The fraction of sp³-hybridized carbons (Fsp3) is 0.308. The van der Waals surface area contributed by atoms with Gasteiger partial charge in [0.1, 0.15) is 0 Å². The Morgan fingerprint density at radius 3 is 2.26 bits per heavy atom. The summed E-state index contributed by atoms with van der Waals surface area (Å²) in [6.45, 7) is 1.40. The van der Waals surface area contributed by atoms with E-state index < -0.39 is 11.8 Å². The molecule has 6 nitrogen and oxygen atoms in total. The fourth-order valence-electron chi connectivity index (χ4n) is 1.54. The molecule has 0 atom stereocenters. The van der Waals surface area contributed by atoms with Gasteiger partial charge in [-0.2, -0.15) is 0 Å². The largest absolute Gasteiger partial charge is 0.345 e. The predicted octanol–water partition coefficient (Wildman–Crippen LogP) is 0.862. The van der Waals surface area contributed by atoms with Gasteiger partial charge in [-0.15, -0.1) is 0 Å². The minimum absolute atomic E-state index is 0.143. The molecule has 3 amide bonds. The third-order valence-electron chi connectivity index (χ3n) is 2.56. The summed E-state index contributed by atoms with van der Waals surface area (Å²) in [5.74, 6) is -1.53. The first-order valence-electron chi connectivity index (χ1n) is 6.04. The van der Waals surface area contributed by atoms with Crippen LogP contribution in [0, 0.1) is 0 Å². The second kappa shape index (κ2) is 5.51. The van der Waals surface area contributed by atoms with E-state index in [1.54, 1.807) is 24.3 Å². The first-order valence-corrected chi connectivity index (χ1v) is 6.04. The Labute approximate surface area is 110 Å². The molecule has 0 spiro atoms. The monoisotopic (exact) mass is 261 g/mol. The standard InChI is InChI=1S/C13H15N3O3/c1-8(17)14-10-3-2-4-11(7-10)16-13(19)12(18)15-9-5-6-9/h2-4,7,9H,5-6H2,1H3,(H,14,17)(H,15,18)(H,16,19). The Balaban J connectivity index is 1.95. The summed E-state index contributed by atoms with van der Waals surface area (Å²) in [5.41, 5.74) is 1.02. The van der Waals surface area contributed by atoms with Crippen molar-refractivity contribution in [2.75, 3.05) is 10.6 Å². The molecule has 2 rings (SSSR count). The van der Waals surface area contributed by atoms with Gasteiger partial charge in [-0.3, -0.25) is 14.4 Å². The predicted molar refractivity (Wildman–Crippen MR) is 70.5 cm³/mol. The highest BCUT2D eigenvalue weighted by Gasteiger charge is 2.26. The molecule has 1 fully saturated rings. The lowest BCUT2D eigenvalue weighted by atomic mass is 10.2. The highest BCUT2D eigenvalue weighted by atomic mass is 16.2. The summed E-state index contributed by atoms with van der Waals surface area (Å²) in [6, 6.07) is 6.75. The number of hydrogen-bond acceptors (Lipinski definition) is 3. The zero-order chi connectivity index (χ0) is 13.8. The Hall–Kier alpha value is -2.37. The van der Waals surface area contributed by atoms with Gasteiger partial charge in [0, 0.05) is 24.3 Å². The van der Waals surface area contributed by atoms with Crippen molar-refractivity contribution in [3.63, 3.8) is 0 Å². The van der Waals surface area contributed by atoms with Crippen LogP contribution < -0.4 is 16.0 Å². The molecule has 100 valence electrons. The maximum Gasteiger partial charge on any atom is 0.313 e. The summed E-state index contributed by atoms with van der Waals surface area (Å²) in [5, 5.41) is 7.69. The van der Waals surface area contributed by atoms with Crippen LogP contribution in [0.25, 0.3) is 0 Å². The summed E-state index contributed by atoms with van der Waals surface area (Å²) in [6.07, 6.45) is 1.86. The van der Waals surface area contributed by atoms with Gasteiger partial charge in [-0.1, -0.05) is 6.07 Å². The van der Waals surface area contributed by atoms with Crippen LogP contribution in [0.2, 0.25) is 0 Å². The molecule has 19 heavy (non-hydrogen) atoms. The van der Waals surface area contributed by atoms with Crippen molar-refractivity contribution in [1.82, 2.24) is 5.32 Å². The average molecular weight is 261 g/mol. The van der Waals surface area contributed by atoms with Crippen molar-refractivity contribution in [2.45, 2.75) is 25.8 Å². The van der Waals surface area contributed by atoms with Gasteiger partial charge >= 0.3 is 11.8 Å². The minimum atomic E-state index is -0.702. The van der Waals surface area contributed by atoms with Gasteiger partial charge in [0.15, 0.2) is 0 Å². The zero-order valence-electron chi connectivity index (χ0n) is 10.5. The third-order valence-corrected chi connectivity index (χ3v) is 2.56. The highest BCUT2D eigenvalue weighted by Crippen LogP contribution is 2.19.